The Balaban J connectivity index is 2.40. The second-order valence-corrected chi connectivity index (χ2v) is 9.98. The molecule has 2 rings (SSSR count). The van der Waals surface area contributed by atoms with Crippen molar-refractivity contribution in [2.24, 2.45) is 5.41 Å². The van der Waals surface area contributed by atoms with Crippen LogP contribution < -0.4 is 4.74 Å². The Bertz CT molecular complexity index is 987. The van der Waals surface area contributed by atoms with E-state index in [1.165, 1.54) is 11.1 Å². The molecule has 0 saturated heterocycles. The maximum Gasteiger partial charge on any atom is 0.122 e. The van der Waals surface area contributed by atoms with Crippen LogP contribution in [0.2, 0.25) is 0 Å². The minimum Gasteiger partial charge on any atom is -0.491 e. The highest BCUT2D eigenvalue weighted by Gasteiger charge is 2.31. The van der Waals surface area contributed by atoms with Gasteiger partial charge in [0.1, 0.15) is 24.6 Å². The largest absolute Gasteiger partial charge is 0.491 e. The van der Waals surface area contributed by atoms with E-state index in [4.69, 9.17) is 9.84 Å². The van der Waals surface area contributed by atoms with E-state index >= 15 is 0 Å². The first-order valence-corrected chi connectivity index (χ1v) is 11.8. The summed E-state index contributed by atoms with van der Waals surface area (Å²) in [6.45, 7) is 14.2. The molecule has 0 unspecified atom stereocenters. The van der Waals surface area contributed by atoms with Gasteiger partial charge in [0.2, 0.25) is 0 Å². The van der Waals surface area contributed by atoms with Crippen molar-refractivity contribution in [2.45, 2.75) is 78.9 Å². The van der Waals surface area contributed by atoms with E-state index in [2.05, 4.69) is 62.9 Å². The number of rotatable bonds is 8. The van der Waals surface area contributed by atoms with Gasteiger partial charge < -0.3 is 20.1 Å². The lowest BCUT2D eigenvalue weighted by Crippen LogP contribution is -2.26. The van der Waals surface area contributed by atoms with Gasteiger partial charge in [0, 0.05) is 11.0 Å². The normalized spacial score (nSPS) is 13.8. The predicted molar refractivity (Wildman–Crippen MR) is 135 cm³/mol. The van der Waals surface area contributed by atoms with Crippen molar-refractivity contribution in [3.8, 4) is 17.6 Å². The lowest BCUT2D eigenvalue weighted by molar-refractivity contribution is 0.0534. The molecule has 0 aliphatic rings. The summed E-state index contributed by atoms with van der Waals surface area (Å²) < 4.78 is 5.69. The van der Waals surface area contributed by atoms with Gasteiger partial charge in [-0.05, 0) is 66.5 Å². The zero-order valence-electron chi connectivity index (χ0n) is 21.2. The van der Waals surface area contributed by atoms with Gasteiger partial charge in [-0.25, -0.2) is 0 Å². The van der Waals surface area contributed by atoms with Crippen LogP contribution in [0.3, 0.4) is 0 Å². The fourth-order valence-electron chi connectivity index (χ4n) is 4.05. The number of hydrogen-bond donors (Lipinski definition) is 3. The van der Waals surface area contributed by atoms with Gasteiger partial charge in [0.15, 0.2) is 0 Å². The Kier molecular flexibility index (Phi) is 9.14. The van der Waals surface area contributed by atoms with E-state index in [-0.39, 0.29) is 24.0 Å². The maximum atomic E-state index is 10.3. The van der Waals surface area contributed by atoms with E-state index in [0.29, 0.717) is 5.75 Å². The highest BCUT2D eigenvalue weighted by Crippen LogP contribution is 2.41. The molecule has 0 saturated carbocycles. The highest BCUT2D eigenvalue weighted by molar-refractivity contribution is 5.50. The van der Waals surface area contributed by atoms with Crippen molar-refractivity contribution < 1.29 is 20.1 Å². The van der Waals surface area contributed by atoms with E-state index in [9.17, 15) is 10.2 Å². The molecular weight excluding hydrogens is 412 g/mol. The number of aryl methyl sites for hydroxylation is 2. The molecule has 0 aliphatic heterocycles. The van der Waals surface area contributed by atoms with Crippen LogP contribution in [0.25, 0.3) is 0 Å². The molecule has 4 heteroatoms. The van der Waals surface area contributed by atoms with Gasteiger partial charge in [0.05, 0.1) is 6.61 Å². The molecule has 0 fully saturated rings. The summed E-state index contributed by atoms with van der Waals surface area (Å²) in [5, 5.41) is 28.9. The summed E-state index contributed by atoms with van der Waals surface area (Å²) in [5.41, 5.74) is 5.09. The van der Waals surface area contributed by atoms with Crippen molar-refractivity contribution in [1.29, 1.82) is 0 Å². The monoisotopic (exact) mass is 452 g/mol. The molecule has 0 radical (unpaired) electrons. The van der Waals surface area contributed by atoms with Gasteiger partial charge in [0.25, 0.3) is 0 Å². The first-order valence-electron chi connectivity index (χ1n) is 11.8. The number of benzene rings is 2. The minimum absolute atomic E-state index is 0.0645. The average Bonchev–Trinajstić information content (AvgIpc) is 2.78. The first-order chi connectivity index (χ1) is 15.5. The van der Waals surface area contributed by atoms with Gasteiger partial charge in [-0.3, -0.25) is 0 Å². The van der Waals surface area contributed by atoms with Crippen LogP contribution in [0.5, 0.6) is 5.75 Å². The molecule has 2 aromatic rings. The average molecular weight is 453 g/mol. The molecule has 3 N–H and O–H groups in total. The van der Waals surface area contributed by atoms with Crippen LogP contribution in [0.15, 0.2) is 36.4 Å². The molecule has 4 nitrogen and oxygen atoms in total. The summed E-state index contributed by atoms with van der Waals surface area (Å²) >= 11 is 0. The van der Waals surface area contributed by atoms with Crippen LogP contribution in [-0.4, -0.2) is 40.7 Å². The topological polar surface area (TPSA) is 69.9 Å². The van der Waals surface area contributed by atoms with Crippen molar-refractivity contribution >= 4 is 0 Å². The Morgan fingerprint density at radius 2 is 1.48 bits per heavy atom. The van der Waals surface area contributed by atoms with Gasteiger partial charge in [-0.15, -0.1) is 0 Å². The quantitative estimate of drug-likeness (QED) is 0.498. The zero-order chi connectivity index (χ0) is 24.8. The fourth-order valence-corrected chi connectivity index (χ4v) is 4.05. The van der Waals surface area contributed by atoms with Crippen molar-refractivity contribution in [1.82, 2.24) is 0 Å². The van der Waals surface area contributed by atoms with E-state index in [0.717, 1.165) is 29.5 Å². The second kappa shape index (κ2) is 11.2. The van der Waals surface area contributed by atoms with Crippen LogP contribution in [-0.2, 0) is 5.41 Å². The summed E-state index contributed by atoms with van der Waals surface area (Å²) in [7, 11) is 0. The molecule has 0 heterocycles. The first kappa shape index (κ1) is 26.9. The van der Waals surface area contributed by atoms with Crippen molar-refractivity contribution in [3.05, 3.63) is 64.2 Å². The fraction of sp³-hybridized carbons (Fsp3) is 0.517. The lowest BCUT2D eigenvalue weighted by atomic mass is 9.70. The standard InChI is InChI=1S/C29H40O4/c1-8-29(9-2,24-13-14-26(21(4)17-24)33-19-25(31)18-30)23-12-10-22(20(3)16-23)11-15-27(32)28(5,6)7/h10,12-14,16-17,25,27,30-32H,8-9,18-19H2,1-7H3/t25-,27+/m0/s1. The number of ether oxygens (including phenoxy) is 1. The van der Waals surface area contributed by atoms with Crippen molar-refractivity contribution in [2.75, 3.05) is 13.2 Å². The molecule has 2 atom stereocenters. The number of hydrogen-bond acceptors (Lipinski definition) is 4. The Morgan fingerprint density at radius 3 is 1.97 bits per heavy atom. The summed E-state index contributed by atoms with van der Waals surface area (Å²) in [5.74, 6) is 6.87. The number of aliphatic hydroxyl groups excluding tert-OH is 3. The SMILES string of the molecule is CCC(CC)(c1ccc(C#C[C@@H](O)C(C)(C)C)c(C)c1)c1ccc(OC[C@@H](O)CO)c(C)c1. The number of aliphatic hydroxyl groups is 3. The lowest BCUT2D eigenvalue weighted by Gasteiger charge is -2.34. The third-order valence-electron chi connectivity index (χ3n) is 6.52. The molecule has 0 bridgehead atoms. The molecule has 0 aromatic heterocycles. The van der Waals surface area contributed by atoms with Crippen LogP contribution >= 0.6 is 0 Å². The van der Waals surface area contributed by atoms with Crippen LogP contribution in [0.1, 0.15) is 75.3 Å². The van der Waals surface area contributed by atoms with Gasteiger partial charge in [-0.2, -0.15) is 0 Å². The Labute approximate surface area is 199 Å². The summed E-state index contributed by atoms with van der Waals surface area (Å²) in [4.78, 5) is 0. The van der Waals surface area contributed by atoms with E-state index in [1.54, 1.807) is 0 Å². The third-order valence-corrected chi connectivity index (χ3v) is 6.52. The predicted octanol–water partition coefficient (Wildman–Crippen LogP) is 4.90. The highest BCUT2D eigenvalue weighted by atomic mass is 16.5. The summed E-state index contributed by atoms with van der Waals surface area (Å²) in [6.07, 6.45) is 0.326. The smallest absolute Gasteiger partial charge is 0.122 e. The molecule has 0 spiro atoms. The van der Waals surface area contributed by atoms with E-state index in [1.807, 2.05) is 33.8 Å². The molecule has 2 aromatic carbocycles. The van der Waals surface area contributed by atoms with Gasteiger partial charge in [-0.1, -0.05) is 70.7 Å². The zero-order valence-corrected chi connectivity index (χ0v) is 21.2. The molecular formula is C29H40O4. The Hall–Kier alpha value is -2.32. The van der Waals surface area contributed by atoms with Gasteiger partial charge >= 0.3 is 0 Å². The minimum atomic E-state index is -0.886. The molecule has 0 amide bonds. The molecule has 180 valence electrons. The van der Waals surface area contributed by atoms with Crippen LogP contribution in [0.4, 0.5) is 0 Å². The molecule has 33 heavy (non-hydrogen) atoms. The Morgan fingerprint density at radius 1 is 0.909 bits per heavy atom. The second-order valence-electron chi connectivity index (χ2n) is 9.98. The maximum absolute atomic E-state index is 10.3. The van der Waals surface area contributed by atoms with Crippen LogP contribution in [0, 0.1) is 31.1 Å². The summed E-state index contributed by atoms with van der Waals surface area (Å²) in [6, 6.07) is 12.7. The van der Waals surface area contributed by atoms with Crippen molar-refractivity contribution in [3.63, 3.8) is 0 Å². The molecule has 0 aliphatic carbocycles. The van der Waals surface area contributed by atoms with E-state index < -0.39 is 12.2 Å². The third kappa shape index (κ3) is 6.38.